The van der Waals surface area contributed by atoms with E-state index in [-0.39, 0.29) is 23.3 Å². The maximum atomic E-state index is 9.35. The summed E-state index contributed by atoms with van der Waals surface area (Å²) in [5.41, 5.74) is 10.1. The molecule has 0 amide bonds. The van der Waals surface area contributed by atoms with Crippen molar-refractivity contribution in [2.24, 2.45) is 5.11 Å². The van der Waals surface area contributed by atoms with Crippen molar-refractivity contribution < 1.29 is 5.11 Å². The summed E-state index contributed by atoms with van der Waals surface area (Å²) in [6.45, 7) is 0.0575. The van der Waals surface area contributed by atoms with E-state index in [4.69, 9.17) is 5.53 Å². The van der Waals surface area contributed by atoms with Crippen LogP contribution in [-0.4, -0.2) is 49.6 Å². The van der Waals surface area contributed by atoms with E-state index in [0.717, 1.165) is 0 Å². The van der Waals surface area contributed by atoms with Gasteiger partial charge in [-0.1, -0.05) is 5.11 Å². The number of hydrogen-bond acceptors (Lipinski definition) is 7. The molecule has 1 aliphatic rings. The number of azide groups is 1. The molecule has 110 valence electrons. The Kier molecular flexibility index (Phi) is 3.82. The molecule has 3 atom stereocenters. The molecular weight excluding hydrogens is 292 g/mol. The van der Waals surface area contributed by atoms with Gasteiger partial charge in [0.05, 0.1) is 24.3 Å². The Balaban J connectivity index is 2.05. The number of aliphatic hydroxyl groups is 1. The molecule has 0 bridgehead atoms. The second-order valence-electron chi connectivity index (χ2n) is 4.64. The minimum atomic E-state index is -0.234. The third kappa shape index (κ3) is 2.37. The van der Waals surface area contributed by atoms with Crippen LogP contribution < -0.4 is 5.32 Å². The lowest BCUT2D eigenvalue weighted by atomic mass is 10.2. The fourth-order valence-corrected chi connectivity index (χ4v) is 3.91. The van der Waals surface area contributed by atoms with Crippen molar-refractivity contribution in [2.75, 3.05) is 19.0 Å². The molecule has 21 heavy (non-hydrogen) atoms. The highest BCUT2D eigenvalue weighted by Crippen LogP contribution is 2.44. The van der Waals surface area contributed by atoms with E-state index < -0.39 is 0 Å². The summed E-state index contributed by atoms with van der Waals surface area (Å²) in [6.07, 6.45) is 3.79. The summed E-state index contributed by atoms with van der Waals surface area (Å²) in [6, 6.07) is -0.234. The molecule has 0 radical (unpaired) electrons. The molecule has 2 N–H and O–H groups in total. The lowest BCUT2D eigenvalue weighted by Gasteiger charge is -2.16. The van der Waals surface area contributed by atoms with Gasteiger partial charge in [0, 0.05) is 17.2 Å². The maximum Gasteiger partial charge on any atom is 0.166 e. The fraction of sp³-hybridized carbons (Fsp3) is 0.545. The van der Waals surface area contributed by atoms with Gasteiger partial charge in [-0.15, -0.1) is 11.8 Å². The van der Waals surface area contributed by atoms with E-state index in [9.17, 15) is 5.11 Å². The van der Waals surface area contributed by atoms with Gasteiger partial charge in [-0.3, -0.25) is 0 Å². The number of fused-ring (bicyclic) bond motifs is 1. The molecule has 0 aromatic carbocycles. The minimum Gasteiger partial charge on any atom is -0.395 e. The monoisotopic (exact) mass is 306 g/mol. The van der Waals surface area contributed by atoms with Gasteiger partial charge in [0.2, 0.25) is 0 Å². The number of thioether (sulfide) groups is 1. The number of nitrogens with zero attached hydrogens (tertiary/aromatic N) is 7. The van der Waals surface area contributed by atoms with Crippen LogP contribution in [0.1, 0.15) is 11.8 Å². The smallest absolute Gasteiger partial charge is 0.166 e. The van der Waals surface area contributed by atoms with Crippen LogP contribution in [-0.2, 0) is 0 Å². The summed E-state index contributed by atoms with van der Waals surface area (Å²) < 4.78 is 1.89. The number of rotatable bonds is 4. The Hall–Kier alpha value is -2.03. The largest absolute Gasteiger partial charge is 0.395 e. The topological polar surface area (TPSA) is 125 Å². The predicted molar refractivity (Wildman–Crippen MR) is 79.9 cm³/mol. The summed E-state index contributed by atoms with van der Waals surface area (Å²) in [5, 5.41) is 16.1. The zero-order valence-electron chi connectivity index (χ0n) is 11.3. The lowest BCUT2D eigenvalue weighted by molar-refractivity contribution is 0.289. The van der Waals surface area contributed by atoms with Crippen LogP contribution in [0.2, 0.25) is 0 Å². The Morgan fingerprint density at radius 1 is 1.57 bits per heavy atom. The van der Waals surface area contributed by atoms with Gasteiger partial charge in [-0.25, -0.2) is 15.0 Å². The Morgan fingerprint density at radius 3 is 3.14 bits per heavy atom. The van der Waals surface area contributed by atoms with Crippen LogP contribution >= 0.6 is 11.8 Å². The quantitative estimate of drug-likeness (QED) is 0.501. The van der Waals surface area contributed by atoms with Gasteiger partial charge in [0.25, 0.3) is 0 Å². The molecule has 3 rings (SSSR count). The van der Waals surface area contributed by atoms with E-state index in [1.54, 1.807) is 25.1 Å². The van der Waals surface area contributed by atoms with Crippen molar-refractivity contribution >= 4 is 28.7 Å². The summed E-state index contributed by atoms with van der Waals surface area (Å²) >= 11 is 1.57. The van der Waals surface area contributed by atoms with E-state index in [2.05, 4.69) is 30.3 Å². The van der Waals surface area contributed by atoms with E-state index in [1.807, 2.05) is 4.57 Å². The summed E-state index contributed by atoms with van der Waals surface area (Å²) in [5.74, 6) is 0.654. The highest BCUT2D eigenvalue weighted by atomic mass is 32.2. The Labute approximate surface area is 124 Å². The first-order valence-electron chi connectivity index (χ1n) is 6.44. The normalized spacial score (nSPS) is 25.0. The highest BCUT2D eigenvalue weighted by molar-refractivity contribution is 8.00. The summed E-state index contributed by atoms with van der Waals surface area (Å²) in [4.78, 5) is 15.7. The molecule has 10 heteroatoms. The van der Waals surface area contributed by atoms with Crippen molar-refractivity contribution in [1.29, 1.82) is 0 Å². The summed E-state index contributed by atoms with van der Waals surface area (Å²) in [7, 11) is 1.77. The molecule has 0 unspecified atom stereocenters. The van der Waals surface area contributed by atoms with Crippen molar-refractivity contribution in [3.63, 3.8) is 0 Å². The maximum absolute atomic E-state index is 9.35. The molecule has 1 aliphatic heterocycles. The molecule has 9 nitrogen and oxygen atoms in total. The zero-order valence-corrected chi connectivity index (χ0v) is 12.1. The second kappa shape index (κ2) is 5.76. The first kappa shape index (κ1) is 13.9. The molecule has 1 fully saturated rings. The molecule has 3 heterocycles. The van der Waals surface area contributed by atoms with Crippen LogP contribution in [0.4, 0.5) is 5.82 Å². The van der Waals surface area contributed by atoms with Crippen molar-refractivity contribution in [1.82, 2.24) is 19.5 Å². The van der Waals surface area contributed by atoms with Gasteiger partial charge in [-0.05, 0) is 12.0 Å². The predicted octanol–water partition coefficient (Wildman–Crippen LogP) is 1.54. The number of aromatic nitrogens is 4. The van der Waals surface area contributed by atoms with Gasteiger partial charge in [0.1, 0.15) is 11.8 Å². The van der Waals surface area contributed by atoms with Gasteiger partial charge in [0.15, 0.2) is 11.5 Å². The zero-order chi connectivity index (χ0) is 14.8. The molecular formula is C11H14N8OS. The average molecular weight is 306 g/mol. The number of imidazole rings is 1. The van der Waals surface area contributed by atoms with Gasteiger partial charge < -0.3 is 15.0 Å². The molecule has 2 aromatic rings. The number of anilines is 1. The highest BCUT2D eigenvalue weighted by Gasteiger charge is 2.36. The van der Waals surface area contributed by atoms with Gasteiger partial charge in [-0.2, -0.15) is 0 Å². The van der Waals surface area contributed by atoms with Crippen LogP contribution in [0.3, 0.4) is 0 Å². The Morgan fingerprint density at radius 2 is 2.43 bits per heavy atom. The molecule has 0 aliphatic carbocycles. The standard InChI is InChI=1S/C11H14N8OS/c1-13-9-8-10(15-4-14-9)19(5-16-8)11-7(17-18-12)2-6(3-20)21-11/h4-7,11,20H,2-3H2,1H3,(H,13,14,15)/t6-,7+,11+/m1/s1. The molecule has 1 saturated heterocycles. The molecule has 2 aromatic heterocycles. The third-order valence-electron chi connectivity index (χ3n) is 3.44. The van der Waals surface area contributed by atoms with Crippen molar-refractivity contribution in [3.05, 3.63) is 23.1 Å². The van der Waals surface area contributed by atoms with E-state index in [0.29, 0.717) is 23.4 Å². The molecule has 0 spiro atoms. The lowest BCUT2D eigenvalue weighted by Crippen LogP contribution is -2.14. The van der Waals surface area contributed by atoms with E-state index >= 15 is 0 Å². The number of hydrogen-bond donors (Lipinski definition) is 2. The average Bonchev–Trinajstić information content (AvgIpc) is 3.10. The van der Waals surface area contributed by atoms with Crippen molar-refractivity contribution in [2.45, 2.75) is 23.1 Å². The first-order valence-corrected chi connectivity index (χ1v) is 7.38. The van der Waals surface area contributed by atoms with Crippen molar-refractivity contribution in [3.8, 4) is 0 Å². The minimum absolute atomic E-state index is 0.0496. The number of nitrogens with one attached hydrogen (secondary N) is 1. The number of aliphatic hydroxyl groups excluding tert-OH is 1. The third-order valence-corrected chi connectivity index (χ3v) is 4.99. The second-order valence-corrected chi connectivity index (χ2v) is 6.06. The SMILES string of the molecule is CNc1ncnc2c1ncn2[C@H]1S[C@@H](CO)C[C@@H]1N=[N+]=[N-]. The van der Waals surface area contributed by atoms with Crippen LogP contribution in [0, 0.1) is 0 Å². The van der Waals surface area contributed by atoms with Crippen LogP contribution in [0.5, 0.6) is 0 Å². The Bertz CT molecular complexity index is 697. The first-order chi connectivity index (χ1) is 10.3. The van der Waals surface area contributed by atoms with Crippen LogP contribution in [0.25, 0.3) is 21.6 Å². The van der Waals surface area contributed by atoms with Crippen LogP contribution in [0.15, 0.2) is 17.8 Å². The fourth-order valence-electron chi connectivity index (χ4n) is 2.49. The molecule has 0 saturated carbocycles. The van der Waals surface area contributed by atoms with E-state index in [1.165, 1.54) is 6.33 Å². The van der Waals surface area contributed by atoms with Gasteiger partial charge >= 0.3 is 0 Å².